The van der Waals surface area contributed by atoms with Crippen molar-refractivity contribution in [3.63, 3.8) is 0 Å². The Kier molecular flexibility index (Phi) is 1.32. The molecule has 0 heterocycles. The molecular formula is C12H12N2. The maximum atomic E-state index is 5.94. The predicted octanol–water partition coefficient (Wildman–Crippen LogP) is 2.10. The minimum Gasteiger partial charge on any atom is -0.398 e. The van der Waals surface area contributed by atoms with E-state index < -0.39 is 0 Å². The lowest BCUT2D eigenvalue weighted by Gasteiger charge is -2.06. The molecule has 0 radical (unpaired) electrons. The second kappa shape index (κ2) is 2.41. The van der Waals surface area contributed by atoms with Crippen LogP contribution in [0.4, 0.5) is 11.4 Å². The molecule has 0 unspecified atom stereocenters. The Bertz CT molecular complexity index is 529. The molecule has 2 heteroatoms. The first-order valence-corrected chi connectivity index (χ1v) is 4.86. The number of hydrogen-bond acceptors (Lipinski definition) is 2. The predicted molar refractivity (Wildman–Crippen MR) is 60.2 cm³/mol. The molecule has 0 amide bonds. The number of benzene rings is 2. The lowest BCUT2D eigenvalue weighted by atomic mass is 10.0. The molecule has 3 rings (SSSR count). The third-order valence-electron chi connectivity index (χ3n) is 3.09. The molecule has 0 atom stereocenters. The summed E-state index contributed by atoms with van der Waals surface area (Å²) in [5.74, 6) is 0. The summed E-state index contributed by atoms with van der Waals surface area (Å²) in [6.45, 7) is 0. The van der Waals surface area contributed by atoms with E-state index in [0.717, 1.165) is 29.6 Å². The van der Waals surface area contributed by atoms with Gasteiger partial charge in [0.1, 0.15) is 0 Å². The fraction of sp³-hybridized carbons (Fsp3) is 0.167. The second-order valence-electron chi connectivity index (χ2n) is 3.87. The van der Waals surface area contributed by atoms with Crippen molar-refractivity contribution in [1.29, 1.82) is 0 Å². The van der Waals surface area contributed by atoms with Crippen LogP contribution in [0.1, 0.15) is 11.1 Å². The van der Waals surface area contributed by atoms with Gasteiger partial charge in [0.15, 0.2) is 0 Å². The third kappa shape index (κ3) is 0.803. The largest absolute Gasteiger partial charge is 0.398 e. The van der Waals surface area contributed by atoms with Gasteiger partial charge in [-0.2, -0.15) is 0 Å². The molecule has 0 fully saturated rings. The van der Waals surface area contributed by atoms with Gasteiger partial charge in [-0.05, 0) is 41.5 Å². The van der Waals surface area contributed by atoms with Crippen molar-refractivity contribution in [2.75, 3.05) is 11.5 Å². The van der Waals surface area contributed by atoms with Crippen LogP contribution in [0.3, 0.4) is 0 Å². The molecule has 0 aromatic heterocycles. The standard InChI is InChI=1S/C12H12N2/c13-10-5-2-7-1-3-8-11(14)6-4-9(10)12(7)8/h2,4-6H,1,3,13-14H2. The quantitative estimate of drug-likeness (QED) is 0.616. The molecule has 1 aliphatic rings. The van der Waals surface area contributed by atoms with Crippen LogP contribution in [0.2, 0.25) is 0 Å². The average molecular weight is 184 g/mol. The van der Waals surface area contributed by atoms with Crippen molar-refractivity contribution in [3.8, 4) is 0 Å². The van der Waals surface area contributed by atoms with Crippen molar-refractivity contribution < 1.29 is 0 Å². The first-order chi connectivity index (χ1) is 6.77. The second-order valence-corrected chi connectivity index (χ2v) is 3.87. The van der Waals surface area contributed by atoms with E-state index in [4.69, 9.17) is 11.5 Å². The van der Waals surface area contributed by atoms with Crippen LogP contribution < -0.4 is 11.5 Å². The van der Waals surface area contributed by atoms with Crippen molar-refractivity contribution in [1.82, 2.24) is 0 Å². The molecular weight excluding hydrogens is 172 g/mol. The summed E-state index contributed by atoms with van der Waals surface area (Å²) in [5.41, 5.74) is 16.3. The van der Waals surface area contributed by atoms with E-state index >= 15 is 0 Å². The van der Waals surface area contributed by atoms with E-state index in [9.17, 15) is 0 Å². The molecule has 2 aromatic rings. The molecule has 0 saturated heterocycles. The molecule has 0 saturated carbocycles. The average Bonchev–Trinajstić information content (AvgIpc) is 2.60. The molecule has 2 aromatic carbocycles. The molecule has 0 aliphatic heterocycles. The van der Waals surface area contributed by atoms with Gasteiger partial charge in [-0.1, -0.05) is 12.1 Å². The van der Waals surface area contributed by atoms with Crippen LogP contribution in [-0.4, -0.2) is 0 Å². The fourth-order valence-corrected chi connectivity index (χ4v) is 2.37. The minimum absolute atomic E-state index is 0.854. The fourth-order valence-electron chi connectivity index (χ4n) is 2.37. The first-order valence-electron chi connectivity index (χ1n) is 4.86. The van der Waals surface area contributed by atoms with E-state index in [2.05, 4.69) is 6.07 Å². The van der Waals surface area contributed by atoms with Crippen molar-refractivity contribution >= 4 is 22.1 Å². The Hall–Kier alpha value is -1.70. The van der Waals surface area contributed by atoms with Crippen LogP contribution in [-0.2, 0) is 12.8 Å². The number of anilines is 2. The van der Waals surface area contributed by atoms with Crippen LogP contribution in [0, 0.1) is 0 Å². The lowest BCUT2D eigenvalue weighted by molar-refractivity contribution is 1.03. The van der Waals surface area contributed by atoms with E-state index in [-0.39, 0.29) is 0 Å². The molecule has 0 spiro atoms. The highest BCUT2D eigenvalue weighted by molar-refractivity contribution is 6.01. The van der Waals surface area contributed by atoms with Gasteiger partial charge in [-0.15, -0.1) is 0 Å². The zero-order valence-corrected chi connectivity index (χ0v) is 7.88. The molecule has 1 aliphatic carbocycles. The number of nitrogen functional groups attached to an aromatic ring is 2. The van der Waals surface area contributed by atoms with Crippen LogP contribution in [0.5, 0.6) is 0 Å². The highest BCUT2D eigenvalue weighted by Crippen LogP contribution is 2.36. The van der Waals surface area contributed by atoms with Crippen molar-refractivity contribution in [2.24, 2.45) is 0 Å². The van der Waals surface area contributed by atoms with Crippen molar-refractivity contribution in [3.05, 3.63) is 35.4 Å². The minimum atomic E-state index is 0.854. The highest BCUT2D eigenvalue weighted by Gasteiger charge is 2.17. The van der Waals surface area contributed by atoms with Gasteiger partial charge in [0.2, 0.25) is 0 Å². The van der Waals surface area contributed by atoms with Gasteiger partial charge in [-0.25, -0.2) is 0 Å². The third-order valence-corrected chi connectivity index (χ3v) is 3.09. The van der Waals surface area contributed by atoms with Gasteiger partial charge >= 0.3 is 0 Å². The molecule has 2 nitrogen and oxygen atoms in total. The summed E-state index contributed by atoms with van der Waals surface area (Å²) < 4.78 is 0. The number of aryl methyl sites for hydroxylation is 2. The van der Waals surface area contributed by atoms with Crippen LogP contribution >= 0.6 is 0 Å². The molecule has 14 heavy (non-hydrogen) atoms. The summed E-state index contributed by atoms with van der Waals surface area (Å²) in [7, 11) is 0. The van der Waals surface area contributed by atoms with Gasteiger partial charge in [-0.3, -0.25) is 0 Å². The summed E-state index contributed by atoms with van der Waals surface area (Å²) in [4.78, 5) is 0. The van der Waals surface area contributed by atoms with Crippen LogP contribution in [0.25, 0.3) is 10.8 Å². The Labute approximate surface area is 82.5 Å². The smallest absolute Gasteiger partial charge is 0.0394 e. The van der Waals surface area contributed by atoms with Crippen molar-refractivity contribution in [2.45, 2.75) is 12.8 Å². The van der Waals surface area contributed by atoms with Gasteiger partial charge in [0.25, 0.3) is 0 Å². The number of nitrogens with two attached hydrogens (primary N) is 2. The maximum Gasteiger partial charge on any atom is 0.0394 e. The summed E-state index contributed by atoms with van der Waals surface area (Å²) in [6.07, 6.45) is 2.16. The van der Waals surface area contributed by atoms with E-state index in [1.165, 1.54) is 16.5 Å². The molecule has 70 valence electrons. The normalized spacial score (nSPS) is 13.7. The molecule has 0 bridgehead atoms. The lowest BCUT2D eigenvalue weighted by Crippen LogP contribution is -1.93. The Morgan fingerprint density at radius 3 is 2.50 bits per heavy atom. The van der Waals surface area contributed by atoms with Crippen LogP contribution in [0.15, 0.2) is 24.3 Å². The van der Waals surface area contributed by atoms with E-state index in [1.807, 2.05) is 18.2 Å². The Balaban J connectivity index is 2.57. The highest BCUT2D eigenvalue weighted by atomic mass is 14.6. The Morgan fingerprint density at radius 2 is 1.64 bits per heavy atom. The zero-order valence-electron chi connectivity index (χ0n) is 7.88. The van der Waals surface area contributed by atoms with E-state index in [1.54, 1.807) is 0 Å². The maximum absolute atomic E-state index is 5.94. The number of hydrogen-bond donors (Lipinski definition) is 2. The van der Waals surface area contributed by atoms with Gasteiger partial charge in [0, 0.05) is 16.8 Å². The first kappa shape index (κ1) is 7.68. The van der Waals surface area contributed by atoms with Gasteiger partial charge in [0.05, 0.1) is 0 Å². The number of rotatable bonds is 0. The van der Waals surface area contributed by atoms with E-state index in [0.29, 0.717) is 0 Å². The summed E-state index contributed by atoms with van der Waals surface area (Å²) in [5, 5.41) is 2.45. The summed E-state index contributed by atoms with van der Waals surface area (Å²) >= 11 is 0. The topological polar surface area (TPSA) is 52.0 Å². The Morgan fingerprint density at radius 1 is 0.857 bits per heavy atom. The summed E-state index contributed by atoms with van der Waals surface area (Å²) in [6, 6.07) is 8.10. The SMILES string of the molecule is Nc1ccc2c(N)ccc3c2c1CC3. The zero-order chi connectivity index (χ0) is 9.71. The van der Waals surface area contributed by atoms with Gasteiger partial charge < -0.3 is 11.5 Å². The monoisotopic (exact) mass is 184 g/mol. The molecule has 4 N–H and O–H groups in total.